The maximum absolute atomic E-state index is 12.0. The number of halogens is 3. The van der Waals surface area contributed by atoms with Crippen LogP contribution in [0.15, 0.2) is 24.3 Å². The van der Waals surface area contributed by atoms with Crippen molar-refractivity contribution in [3.8, 4) is 5.75 Å². The van der Waals surface area contributed by atoms with Crippen molar-refractivity contribution in [1.29, 1.82) is 0 Å². The molecule has 0 heterocycles. The van der Waals surface area contributed by atoms with Crippen molar-refractivity contribution in [3.05, 3.63) is 29.8 Å². The normalized spacial score (nSPS) is 10.7. The molecule has 0 saturated carbocycles. The number of carbonyl (C=O) groups excluding carboxylic acids is 3. The Balaban J connectivity index is 2.41. The number of urea groups is 1. The van der Waals surface area contributed by atoms with Gasteiger partial charge in [0.15, 0.2) is 6.61 Å². The minimum atomic E-state index is -4.84. The van der Waals surface area contributed by atoms with Crippen LogP contribution in [0.25, 0.3) is 0 Å². The summed E-state index contributed by atoms with van der Waals surface area (Å²) in [4.78, 5) is 34.4. The number of hydrogen-bond donors (Lipinski definition) is 2. The zero-order chi connectivity index (χ0) is 18.9. The van der Waals surface area contributed by atoms with Crippen molar-refractivity contribution in [1.82, 2.24) is 10.6 Å². The number of rotatable bonds is 7. The molecule has 0 aliphatic heterocycles. The molecular weight excluding hydrogens is 345 g/mol. The van der Waals surface area contributed by atoms with Crippen LogP contribution in [0.1, 0.15) is 30.1 Å². The first-order valence-corrected chi connectivity index (χ1v) is 7.32. The summed E-state index contributed by atoms with van der Waals surface area (Å²) >= 11 is 0. The van der Waals surface area contributed by atoms with Crippen molar-refractivity contribution >= 4 is 17.9 Å². The molecule has 0 saturated heterocycles. The molecule has 1 aromatic rings. The fourth-order valence-corrected chi connectivity index (χ4v) is 1.59. The molecule has 0 atom stereocenters. The van der Waals surface area contributed by atoms with Gasteiger partial charge in [-0.2, -0.15) is 0 Å². The van der Waals surface area contributed by atoms with E-state index in [2.05, 4.69) is 14.8 Å². The van der Waals surface area contributed by atoms with Crippen LogP contribution < -0.4 is 15.4 Å². The number of esters is 1. The van der Waals surface area contributed by atoms with E-state index in [1.165, 1.54) is 0 Å². The number of imide groups is 1. The standard InChI is InChI=1S/C15H17F3N2O5/c1-2-3-8-19-14(23)20-12(21)9-24-13(22)10-4-6-11(7-5-10)25-15(16,17)18/h4-7H,2-3,8-9H2,1H3,(H2,19,20,21,23). The lowest BCUT2D eigenvalue weighted by Gasteiger charge is -2.09. The Morgan fingerprint density at radius 2 is 1.76 bits per heavy atom. The lowest BCUT2D eigenvalue weighted by Crippen LogP contribution is -2.41. The van der Waals surface area contributed by atoms with Crippen molar-refractivity contribution < 1.29 is 37.0 Å². The highest BCUT2D eigenvalue weighted by atomic mass is 19.4. The Morgan fingerprint density at radius 1 is 1.12 bits per heavy atom. The van der Waals surface area contributed by atoms with Crippen LogP contribution >= 0.6 is 0 Å². The highest BCUT2D eigenvalue weighted by Gasteiger charge is 2.31. The van der Waals surface area contributed by atoms with Crippen LogP contribution in [0, 0.1) is 0 Å². The van der Waals surface area contributed by atoms with Gasteiger partial charge >= 0.3 is 18.4 Å². The van der Waals surface area contributed by atoms with Gasteiger partial charge in [0.05, 0.1) is 5.56 Å². The average molecular weight is 362 g/mol. The van der Waals surface area contributed by atoms with E-state index in [0.29, 0.717) is 6.54 Å². The zero-order valence-electron chi connectivity index (χ0n) is 13.3. The van der Waals surface area contributed by atoms with E-state index >= 15 is 0 Å². The molecule has 138 valence electrons. The Hall–Kier alpha value is -2.78. The fraction of sp³-hybridized carbons (Fsp3) is 0.400. The second-order valence-corrected chi connectivity index (χ2v) is 4.81. The second kappa shape index (κ2) is 9.50. The molecule has 10 heteroatoms. The summed E-state index contributed by atoms with van der Waals surface area (Å²) in [6.07, 6.45) is -3.21. The summed E-state index contributed by atoms with van der Waals surface area (Å²) in [7, 11) is 0. The third-order valence-electron chi connectivity index (χ3n) is 2.73. The minimum absolute atomic E-state index is 0.0743. The fourth-order valence-electron chi connectivity index (χ4n) is 1.59. The van der Waals surface area contributed by atoms with Crippen LogP contribution in [-0.2, 0) is 9.53 Å². The van der Waals surface area contributed by atoms with E-state index < -0.39 is 36.6 Å². The number of unbranched alkanes of at least 4 members (excludes halogenated alkanes) is 1. The molecule has 0 fully saturated rings. The molecule has 7 nitrogen and oxygen atoms in total. The van der Waals surface area contributed by atoms with Gasteiger partial charge in [0.1, 0.15) is 5.75 Å². The molecule has 0 unspecified atom stereocenters. The summed E-state index contributed by atoms with van der Waals surface area (Å²) < 4.78 is 44.4. The number of alkyl halides is 3. The lowest BCUT2D eigenvalue weighted by molar-refractivity contribution is -0.274. The average Bonchev–Trinajstić information content (AvgIpc) is 2.52. The summed E-state index contributed by atoms with van der Waals surface area (Å²) in [5, 5.41) is 4.41. The van der Waals surface area contributed by atoms with E-state index in [9.17, 15) is 27.6 Å². The van der Waals surface area contributed by atoms with Gasteiger partial charge < -0.3 is 14.8 Å². The Bertz CT molecular complexity index is 602. The first-order valence-electron chi connectivity index (χ1n) is 7.32. The summed E-state index contributed by atoms with van der Waals surface area (Å²) in [5.41, 5.74) is -0.0743. The monoisotopic (exact) mass is 362 g/mol. The van der Waals surface area contributed by atoms with E-state index in [1.807, 2.05) is 12.2 Å². The van der Waals surface area contributed by atoms with Gasteiger partial charge in [0.25, 0.3) is 5.91 Å². The Morgan fingerprint density at radius 3 is 2.32 bits per heavy atom. The Labute approximate surface area is 141 Å². The van der Waals surface area contributed by atoms with E-state index in [-0.39, 0.29) is 5.56 Å². The smallest absolute Gasteiger partial charge is 0.452 e. The number of ether oxygens (including phenoxy) is 2. The van der Waals surface area contributed by atoms with Crippen molar-refractivity contribution in [2.24, 2.45) is 0 Å². The summed E-state index contributed by atoms with van der Waals surface area (Å²) in [6, 6.07) is 3.27. The van der Waals surface area contributed by atoms with Gasteiger partial charge in [0.2, 0.25) is 0 Å². The van der Waals surface area contributed by atoms with E-state index in [1.54, 1.807) is 0 Å². The SMILES string of the molecule is CCCCNC(=O)NC(=O)COC(=O)c1ccc(OC(F)(F)F)cc1. The lowest BCUT2D eigenvalue weighted by atomic mass is 10.2. The molecule has 25 heavy (non-hydrogen) atoms. The van der Waals surface area contributed by atoms with Crippen molar-refractivity contribution in [2.75, 3.05) is 13.2 Å². The third kappa shape index (κ3) is 8.58. The highest BCUT2D eigenvalue weighted by Crippen LogP contribution is 2.22. The quantitative estimate of drug-likeness (QED) is 0.574. The minimum Gasteiger partial charge on any atom is -0.452 e. The molecule has 0 spiro atoms. The topological polar surface area (TPSA) is 93.7 Å². The van der Waals surface area contributed by atoms with Gasteiger partial charge in [-0.05, 0) is 30.7 Å². The van der Waals surface area contributed by atoms with Gasteiger partial charge in [-0.25, -0.2) is 9.59 Å². The van der Waals surface area contributed by atoms with Gasteiger partial charge in [-0.1, -0.05) is 13.3 Å². The Kier molecular flexibility index (Phi) is 7.70. The number of carbonyl (C=O) groups is 3. The van der Waals surface area contributed by atoms with Crippen LogP contribution in [-0.4, -0.2) is 37.4 Å². The molecule has 1 rings (SSSR count). The third-order valence-corrected chi connectivity index (χ3v) is 2.73. The molecule has 1 aromatic carbocycles. The van der Waals surface area contributed by atoms with Crippen molar-refractivity contribution in [2.45, 2.75) is 26.1 Å². The van der Waals surface area contributed by atoms with E-state index in [4.69, 9.17) is 0 Å². The van der Waals surface area contributed by atoms with E-state index in [0.717, 1.165) is 37.1 Å². The maximum Gasteiger partial charge on any atom is 0.573 e. The van der Waals surface area contributed by atoms with Crippen LogP contribution in [0.4, 0.5) is 18.0 Å². The number of benzene rings is 1. The van der Waals surface area contributed by atoms with Crippen LogP contribution in [0.3, 0.4) is 0 Å². The first-order chi connectivity index (χ1) is 11.7. The second-order valence-electron chi connectivity index (χ2n) is 4.81. The van der Waals surface area contributed by atoms with Crippen molar-refractivity contribution in [3.63, 3.8) is 0 Å². The number of nitrogens with one attached hydrogen (secondary N) is 2. The van der Waals surface area contributed by atoms with Gasteiger partial charge in [0, 0.05) is 6.54 Å². The van der Waals surface area contributed by atoms with Gasteiger partial charge in [-0.3, -0.25) is 10.1 Å². The molecule has 0 aliphatic carbocycles. The predicted octanol–water partition coefficient (Wildman–Crippen LogP) is 2.37. The zero-order valence-corrected chi connectivity index (χ0v) is 13.3. The number of hydrogen-bond acceptors (Lipinski definition) is 5. The molecule has 0 aromatic heterocycles. The first kappa shape index (κ1) is 20.3. The maximum atomic E-state index is 12.0. The molecule has 0 aliphatic rings. The molecule has 2 N–H and O–H groups in total. The summed E-state index contributed by atoms with van der Waals surface area (Å²) in [5.74, 6) is -2.26. The number of amides is 3. The molecule has 0 bridgehead atoms. The summed E-state index contributed by atoms with van der Waals surface area (Å²) in [6.45, 7) is 1.63. The molecule has 0 radical (unpaired) electrons. The molecule has 3 amide bonds. The predicted molar refractivity (Wildman–Crippen MR) is 79.9 cm³/mol. The van der Waals surface area contributed by atoms with Gasteiger partial charge in [-0.15, -0.1) is 13.2 Å². The van der Waals surface area contributed by atoms with Crippen LogP contribution in [0.5, 0.6) is 5.75 Å². The van der Waals surface area contributed by atoms with Crippen LogP contribution in [0.2, 0.25) is 0 Å². The highest BCUT2D eigenvalue weighted by molar-refractivity contribution is 5.97. The largest absolute Gasteiger partial charge is 0.573 e. The molecular formula is C15H17F3N2O5.